The Morgan fingerprint density at radius 2 is 2.40 bits per heavy atom. The fraction of sp³-hybridized carbons (Fsp3) is 1.00. The summed E-state index contributed by atoms with van der Waals surface area (Å²) in [5.74, 6) is 0. The van der Waals surface area contributed by atoms with Crippen LogP contribution in [0.3, 0.4) is 0 Å². The lowest BCUT2D eigenvalue weighted by molar-refractivity contribution is -0.123. The van der Waals surface area contributed by atoms with Crippen molar-refractivity contribution in [2.45, 2.75) is 18.9 Å². The average molecular weight is 142 g/mol. The Labute approximate surface area is 61.5 Å². The van der Waals surface area contributed by atoms with E-state index in [1.165, 1.54) is 19.4 Å². The number of hydrogen-bond acceptors (Lipinski definition) is 3. The zero-order valence-electron chi connectivity index (χ0n) is 6.42. The van der Waals surface area contributed by atoms with Crippen LogP contribution in [-0.2, 0) is 4.84 Å². The number of fused-ring (bicyclic) bond motifs is 1. The Morgan fingerprint density at radius 3 is 3.10 bits per heavy atom. The zero-order chi connectivity index (χ0) is 6.97. The molecule has 2 rings (SSSR count). The fourth-order valence-electron chi connectivity index (χ4n) is 1.92. The van der Waals surface area contributed by atoms with E-state index in [4.69, 9.17) is 4.84 Å². The second-order valence-electron chi connectivity index (χ2n) is 3.10. The zero-order valence-corrected chi connectivity index (χ0v) is 6.42. The summed E-state index contributed by atoms with van der Waals surface area (Å²) < 4.78 is 0. The molecular formula is C7H14N2O. The van der Waals surface area contributed by atoms with E-state index in [1.54, 1.807) is 7.11 Å². The van der Waals surface area contributed by atoms with E-state index in [1.807, 2.05) is 5.06 Å². The lowest BCUT2D eigenvalue weighted by Gasteiger charge is -2.12. The summed E-state index contributed by atoms with van der Waals surface area (Å²) in [5.41, 5.74) is 0. The number of hydrogen-bond donors (Lipinski definition) is 0. The van der Waals surface area contributed by atoms with Crippen molar-refractivity contribution in [3.63, 3.8) is 0 Å². The number of rotatable bonds is 1. The molecule has 0 saturated carbocycles. The molecule has 10 heavy (non-hydrogen) atoms. The molecule has 0 aromatic rings. The van der Waals surface area contributed by atoms with Crippen LogP contribution in [0.25, 0.3) is 0 Å². The molecule has 2 aliphatic heterocycles. The lowest BCUT2D eigenvalue weighted by Crippen LogP contribution is -2.24. The third-order valence-electron chi connectivity index (χ3n) is 2.51. The van der Waals surface area contributed by atoms with E-state index in [0.29, 0.717) is 0 Å². The monoisotopic (exact) mass is 142 g/mol. The predicted octanol–water partition coefficient (Wildman–Crippen LogP) is 0.285. The highest BCUT2D eigenvalue weighted by Gasteiger charge is 2.33. The Bertz CT molecular complexity index is 117. The minimum absolute atomic E-state index is 0.792. The highest BCUT2D eigenvalue weighted by atomic mass is 16.7. The Hall–Kier alpha value is -0.120. The molecule has 58 valence electrons. The molecule has 0 radical (unpaired) electrons. The van der Waals surface area contributed by atoms with Crippen LogP contribution in [0, 0.1) is 0 Å². The van der Waals surface area contributed by atoms with Crippen molar-refractivity contribution in [1.29, 1.82) is 0 Å². The van der Waals surface area contributed by atoms with Crippen LogP contribution in [0.2, 0.25) is 0 Å². The molecule has 0 amide bonds. The van der Waals surface area contributed by atoms with Gasteiger partial charge in [-0.2, -0.15) is 5.06 Å². The minimum Gasteiger partial charge on any atom is -0.301 e. The fourth-order valence-corrected chi connectivity index (χ4v) is 1.92. The topological polar surface area (TPSA) is 15.7 Å². The van der Waals surface area contributed by atoms with Crippen LogP contribution in [0.15, 0.2) is 0 Å². The largest absolute Gasteiger partial charge is 0.301 e. The van der Waals surface area contributed by atoms with Crippen molar-refractivity contribution in [2.24, 2.45) is 0 Å². The summed E-state index contributed by atoms with van der Waals surface area (Å²) in [6.07, 6.45) is 2.74. The smallest absolute Gasteiger partial charge is 0.0760 e. The van der Waals surface area contributed by atoms with Crippen molar-refractivity contribution < 1.29 is 4.84 Å². The lowest BCUT2D eigenvalue weighted by atomic mass is 10.2. The molecule has 2 saturated heterocycles. The second-order valence-corrected chi connectivity index (χ2v) is 3.10. The quantitative estimate of drug-likeness (QED) is 0.523. The van der Waals surface area contributed by atoms with E-state index in [0.717, 1.165) is 19.3 Å². The van der Waals surface area contributed by atoms with Gasteiger partial charge >= 0.3 is 0 Å². The molecule has 0 aromatic carbocycles. The van der Waals surface area contributed by atoms with Crippen LogP contribution in [-0.4, -0.2) is 42.9 Å². The van der Waals surface area contributed by atoms with Gasteiger partial charge in [0, 0.05) is 12.6 Å². The van der Waals surface area contributed by atoms with Gasteiger partial charge in [-0.15, -0.1) is 0 Å². The first-order valence-electron chi connectivity index (χ1n) is 3.93. The van der Waals surface area contributed by atoms with Gasteiger partial charge in [0.2, 0.25) is 0 Å². The predicted molar refractivity (Wildman–Crippen MR) is 38.3 cm³/mol. The van der Waals surface area contributed by atoms with Crippen molar-refractivity contribution in [3.8, 4) is 0 Å². The van der Waals surface area contributed by atoms with E-state index < -0.39 is 0 Å². The van der Waals surface area contributed by atoms with Crippen molar-refractivity contribution in [1.82, 2.24) is 9.96 Å². The molecule has 1 unspecified atom stereocenters. The highest BCUT2D eigenvalue weighted by Crippen LogP contribution is 2.23. The van der Waals surface area contributed by atoms with Crippen molar-refractivity contribution in [3.05, 3.63) is 0 Å². The second kappa shape index (κ2) is 2.49. The van der Waals surface area contributed by atoms with Gasteiger partial charge in [-0.05, 0) is 19.4 Å². The van der Waals surface area contributed by atoms with Crippen molar-refractivity contribution >= 4 is 0 Å². The summed E-state index contributed by atoms with van der Waals surface area (Å²) >= 11 is 0. The molecule has 2 fully saturated rings. The minimum atomic E-state index is 0.792. The van der Waals surface area contributed by atoms with Gasteiger partial charge in [0.25, 0.3) is 0 Å². The van der Waals surface area contributed by atoms with Crippen LogP contribution in [0.4, 0.5) is 0 Å². The molecule has 2 aliphatic rings. The van der Waals surface area contributed by atoms with Gasteiger partial charge in [0.15, 0.2) is 0 Å². The molecule has 0 N–H and O–H groups in total. The van der Waals surface area contributed by atoms with Crippen LogP contribution in [0.1, 0.15) is 12.8 Å². The van der Waals surface area contributed by atoms with E-state index in [2.05, 4.69) is 4.90 Å². The Balaban J connectivity index is 1.94. The van der Waals surface area contributed by atoms with E-state index in [-0.39, 0.29) is 0 Å². The molecule has 2 heterocycles. The highest BCUT2D eigenvalue weighted by molar-refractivity contribution is 4.84. The number of nitrogens with zero attached hydrogens (tertiary/aromatic N) is 2. The summed E-state index contributed by atoms with van der Waals surface area (Å²) in [4.78, 5) is 7.63. The van der Waals surface area contributed by atoms with E-state index >= 15 is 0 Å². The first-order valence-corrected chi connectivity index (χ1v) is 3.93. The van der Waals surface area contributed by atoms with Gasteiger partial charge in [0.1, 0.15) is 0 Å². The normalized spacial score (nSPS) is 35.1. The third-order valence-corrected chi connectivity index (χ3v) is 2.51. The third kappa shape index (κ3) is 0.944. The molecule has 3 heteroatoms. The van der Waals surface area contributed by atoms with Gasteiger partial charge < -0.3 is 4.84 Å². The van der Waals surface area contributed by atoms with Gasteiger partial charge in [0.05, 0.1) is 13.8 Å². The van der Waals surface area contributed by atoms with Gasteiger partial charge in [-0.3, -0.25) is 4.90 Å². The molecule has 0 bridgehead atoms. The molecular weight excluding hydrogens is 128 g/mol. The standard InChI is InChI=1S/C7H14N2O/c1-10-9-5-7-3-2-4-8(7)6-9/h7H,2-6H2,1H3. The SMILES string of the molecule is CON1CC2CCCN2C1. The van der Waals surface area contributed by atoms with Crippen LogP contribution < -0.4 is 0 Å². The van der Waals surface area contributed by atoms with Gasteiger partial charge in [-0.1, -0.05) is 0 Å². The van der Waals surface area contributed by atoms with Gasteiger partial charge in [-0.25, -0.2) is 0 Å². The molecule has 3 nitrogen and oxygen atoms in total. The first-order chi connectivity index (χ1) is 4.90. The molecule has 0 spiro atoms. The average Bonchev–Trinajstić information content (AvgIpc) is 2.42. The van der Waals surface area contributed by atoms with Crippen LogP contribution in [0.5, 0.6) is 0 Å². The molecule has 0 aliphatic carbocycles. The summed E-state index contributed by atoms with van der Waals surface area (Å²) in [5, 5.41) is 2.03. The van der Waals surface area contributed by atoms with E-state index in [9.17, 15) is 0 Å². The Kier molecular flexibility index (Phi) is 1.64. The maximum atomic E-state index is 5.14. The van der Waals surface area contributed by atoms with Crippen molar-refractivity contribution in [2.75, 3.05) is 26.9 Å². The maximum absolute atomic E-state index is 5.14. The Morgan fingerprint density at radius 1 is 1.50 bits per heavy atom. The molecule has 1 atom stereocenters. The number of hydroxylamine groups is 2. The van der Waals surface area contributed by atoms with Crippen LogP contribution >= 0.6 is 0 Å². The summed E-state index contributed by atoms with van der Waals surface area (Å²) in [6.45, 7) is 3.39. The summed E-state index contributed by atoms with van der Waals surface area (Å²) in [7, 11) is 1.75. The molecule has 0 aromatic heterocycles. The maximum Gasteiger partial charge on any atom is 0.0760 e. The summed E-state index contributed by atoms with van der Waals surface area (Å²) in [6, 6.07) is 0.792. The first kappa shape index (κ1) is 6.58.